The number of nitrogens with zero attached hydrogens (tertiary/aromatic N) is 1. The number of esters is 3. The van der Waals surface area contributed by atoms with Gasteiger partial charge in [-0.2, -0.15) is 4.57 Å². The Labute approximate surface area is 276 Å². The van der Waals surface area contributed by atoms with Crippen LogP contribution >= 0.6 is 0 Å². The molecule has 3 aliphatic rings. The van der Waals surface area contributed by atoms with Crippen molar-refractivity contribution in [2.45, 2.75) is 126 Å². The number of ether oxygens (including phenoxy) is 3. The van der Waals surface area contributed by atoms with Crippen molar-refractivity contribution in [3.05, 3.63) is 52.6 Å². The number of carbonyl (C=O) groups is 3. The fourth-order valence-electron chi connectivity index (χ4n) is 7.94. The predicted molar refractivity (Wildman–Crippen MR) is 177 cm³/mol. The van der Waals surface area contributed by atoms with Gasteiger partial charge in [-0.3, -0.25) is 0 Å². The van der Waals surface area contributed by atoms with Gasteiger partial charge in [0.25, 0.3) is 0 Å². The van der Waals surface area contributed by atoms with Gasteiger partial charge in [-0.25, -0.2) is 14.4 Å². The highest BCUT2D eigenvalue weighted by atomic mass is 16.6. The summed E-state index contributed by atoms with van der Waals surface area (Å²) >= 11 is 0. The lowest BCUT2D eigenvalue weighted by Crippen LogP contribution is -2.41. The molecule has 0 spiro atoms. The molecule has 6 unspecified atom stereocenters. The zero-order valence-electron chi connectivity index (χ0n) is 29.6. The van der Waals surface area contributed by atoms with Crippen molar-refractivity contribution in [1.82, 2.24) is 5.32 Å². The molecule has 6 atom stereocenters. The summed E-state index contributed by atoms with van der Waals surface area (Å²) < 4.78 is 19.7. The summed E-state index contributed by atoms with van der Waals surface area (Å²) in [5.41, 5.74) is 2.83. The first kappa shape index (κ1) is 35.7. The number of allylic oxidation sites excluding steroid dienone is 2. The molecule has 0 saturated heterocycles. The molecule has 4 rings (SSSR count). The van der Waals surface area contributed by atoms with Crippen LogP contribution in [0.15, 0.2) is 47.1 Å². The van der Waals surface area contributed by atoms with E-state index in [1.807, 2.05) is 32.2 Å². The molecule has 2 saturated carbocycles. The Morgan fingerprint density at radius 3 is 1.80 bits per heavy atom. The van der Waals surface area contributed by atoms with Gasteiger partial charge in [0, 0.05) is 23.0 Å². The smallest absolute Gasteiger partial charge is 0.372 e. The van der Waals surface area contributed by atoms with Gasteiger partial charge in [0.05, 0.1) is 23.7 Å². The molecule has 2 heterocycles. The van der Waals surface area contributed by atoms with Crippen molar-refractivity contribution in [3.8, 4) is 0 Å². The zero-order chi connectivity index (χ0) is 33.7. The van der Waals surface area contributed by atoms with E-state index in [-0.39, 0.29) is 43.2 Å². The summed E-state index contributed by atoms with van der Waals surface area (Å²) in [6, 6.07) is 3.74. The van der Waals surface area contributed by atoms with Crippen LogP contribution in [-0.2, 0) is 35.1 Å². The van der Waals surface area contributed by atoms with Crippen LogP contribution in [0.4, 0.5) is 0 Å². The molecule has 0 bridgehead atoms. The van der Waals surface area contributed by atoms with Gasteiger partial charge in [-0.05, 0) is 88.0 Å². The van der Waals surface area contributed by atoms with Crippen LogP contribution in [0, 0.1) is 35.5 Å². The van der Waals surface area contributed by atoms with Crippen molar-refractivity contribution < 1.29 is 33.2 Å². The monoisotopic (exact) mass is 637 g/mol. The molecule has 8 nitrogen and oxygen atoms in total. The van der Waals surface area contributed by atoms with Gasteiger partial charge in [-0.1, -0.05) is 54.4 Å². The van der Waals surface area contributed by atoms with Crippen LogP contribution in [0.1, 0.15) is 112 Å². The molecule has 8 heteroatoms. The van der Waals surface area contributed by atoms with Crippen molar-refractivity contribution in [2.75, 3.05) is 6.61 Å². The van der Waals surface area contributed by atoms with Crippen LogP contribution in [0.5, 0.6) is 0 Å². The second kappa shape index (κ2) is 15.6. The van der Waals surface area contributed by atoms with E-state index >= 15 is 0 Å². The van der Waals surface area contributed by atoms with E-state index in [2.05, 4.69) is 46.9 Å². The average molecular weight is 638 g/mol. The first-order valence-electron chi connectivity index (χ1n) is 17.6. The highest BCUT2D eigenvalue weighted by Crippen LogP contribution is 2.42. The summed E-state index contributed by atoms with van der Waals surface area (Å²) in [7, 11) is 0. The number of dihydropyridines is 1. The number of hydrogen-bond donors (Lipinski definition) is 1. The normalized spacial score (nSPS) is 28.6. The summed E-state index contributed by atoms with van der Waals surface area (Å²) in [4.78, 5) is 41.1. The van der Waals surface area contributed by atoms with Crippen molar-refractivity contribution in [3.63, 3.8) is 0 Å². The zero-order valence-corrected chi connectivity index (χ0v) is 29.6. The topological polar surface area (TPSA) is 94.8 Å². The molecule has 254 valence electrons. The molecule has 2 aliphatic carbocycles. The molecule has 46 heavy (non-hydrogen) atoms. The van der Waals surface area contributed by atoms with Crippen molar-refractivity contribution in [2.24, 2.45) is 35.5 Å². The van der Waals surface area contributed by atoms with E-state index < -0.39 is 17.9 Å². The van der Waals surface area contributed by atoms with Crippen LogP contribution in [0.25, 0.3) is 0 Å². The second-order valence-corrected chi connectivity index (χ2v) is 14.8. The van der Waals surface area contributed by atoms with Gasteiger partial charge in [-0.15, -0.1) is 0 Å². The number of carbonyl (C=O) groups excluding carboxylic acids is 3. The minimum atomic E-state index is -0.729. The van der Waals surface area contributed by atoms with E-state index in [1.54, 1.807) is 17.7 Å². The maximum absolute atomic E-state index is 14.4. The molecule has 1 aromatic rings. The molecule has 0 amide bonds. The van der Waals surface area contributed by atoms with E-state index in [4.69, 9.17) is 14.2 Å². The third-order valence-electron chi connectivity index (χ3n) is 10.5. The van der Waals surface area contributed by atoms with Gasteiger partial charge in [0.2, 0.25) is 6.54 Å². The van der Waals surface area contributed by atoms with Crippen LogP contribution in [0.2, 0.25) is 0 Å². The molecule has 0 aromatic carbocycles. The largest absolute Gasteiger partial charge is 0.461 e. The Morgan fingerprint density at radius 1 is 0.848 bits per heavy atom. The van der Waals surface area contributed by atoms with Crippen LogP contribution in [0.3, 0.4) is 0 Å². The van der Waals surface area contributed by atoms with Crippen LogP contribution in [-0.4, -0.2) is 36.7 Å². The number of nitrogens with one attached hydrogen (secondary N) is 1. The molecule has 1 N–H and O–H groups in total. The maximum atomic E-state index is 14.4. The lowest BCUT2D eigenvalue weighted by Gasteiger charge is -2.39. The van der Waals surface area contributed by atoms with Crippen molar-refractivity contribution >= 4 is 17.9 Å². The summed E-state index contributed by atoms with van der Waals surface area (Å²) in [6.07, 6.45) is 9.18. The minimum absolute atomic E-state index is 0.0175. The highest BCUT2D eigenvalue weighted by molar-refractivity contribution is 6.00. The number of hydrogen-bond acceptors (Lipinski definition) is 7. The molecular formula is C38H57N2O6+. The molecule has 2 fully saturated rings. The molecular weight excluding hydrogens is 580 g/mol. The Bertz CT molecular complexity index is 1260. The second-order valence-electron chi connectivity index (χ2n) is 14.8. The standard InChI is InChI=1S/C38H56N2O6/c1-10-44-33(41)21-40-17-11-12-28(20-40)36-34(37(42)45-31-18-24(6)13-15-29(31)22(2)3)26(8)39-27(9)35(36)38(43)46-32-19-25(7)14-16-30(32)23(4)5/h11-12,17,20,22-25,29-32,36H,10,13-16,18-19,21H2,1-9H3/p+1. The van der Waals surface area contributed by atoms with E-state index in [0.717, 1.165) is 38.5 Å². The van der Waals surface area contributed by atoms with Crippen molar-refractivity contribution in [1.29, 1.82) is 0 Å². The summed E-state index contributed by atoms with van der Waals surface area (Å²) in [6.45, 7) is 19.0. The number of rotatable bonds is 10. The quantitative estimate of drug-likeness (QED) is 0.172. The average Bonchev–Trinajstić information content (AvgIpc) is 2.96. The fraction of sp³-hybridized carbons (Fsp3) is 0.684. The minimum Gasteiger partial charge on any atom is -0.461 e. The Morgan fingerprint density at radius 2 is 1.35 bits per heavy atom. The first-order valence-corrected chi connectivity index (χ1v) is 17.6. The van der Waals surface area contributed by atoms with Gasteiger partial charge in [0.15, 0.2) is 12.4 Å². The SMILES string of the molecule is CCOC(=O)C[n+]1cccc(C2C(C(=O)OC3CC(C)CCC3C(C)C)=C(C)NC(C)=C2C(=O)OC2CC(C)CCC2C(C)C)c1. The van der Waals surface area contributed by atoms with Gasteiger partial charge < -0.3 is 19.5 Å². The lowest BCUT2D eigenvalue weighted by molar-refractivity contribution is -0.686. The number of aromatic nitrogens is 1. The first-order chi connectivity index (χ1) is 21.8. The molecule has 1 aromatic heterocycles. The Kier molecular flexibility index (Phi) is 12.1. The van der Waals surface area contributed by atoms with Gasteiger partial charge in [0.1, 0.15) is 12.2 Å². The van der Waals surface area contributed by atoms with E-state index in [1.165, 1.54) is 0 Å². The Balaban J connectivity index is 1.74. The summed E-state index contributed by atoms with van der Waals surface area (Å²) in [5.74, 6) is 0.363. The highest BCUT2D eigenvalue weighted by Gasteiger charge is 2.43. The molecule has 1 aliphatic heterocycles. The van der Waals surface area contributed by atoms with E-state index in [0.29, 0.717) is 51.8 Å². The molecule has 0 radical (unpaired) electrons. The predicted octanol–water partition coefficient (Wildman–Crippen LogP) is 6.78. The fourth-order valence-corrected chi connectivity index (χ4v) is 7.94. The third-order valence-corrected chi connectivity index (χ3v) is 10.5. The number of pyridine rings is 1. The third kappa shape index (κ3) is 8.40. The van der Waals surface area contributed by atoms with E-state index in [9.17, 15) is 14.4 Å². The lowest BCUT2D eigenvalue weighted by atomic mass is 9.75. The van der Waals surface area contributed by atoms with Gasteiger partial charge >= 0.3 is 17.9 Å². The van der Waals surface area contributed by atoms with Crippen LogP contribution < -0.4 is 9.88 Å². The summed E-state index contributed by atoms with van der Waals surface area (Å²) in [5, 5.41) is 3.34. The maximum Gasteiger partial charge on any atom is 0.372 e. The Hall–Kier alpha value is -3.16.